The SMILES string of the molecule is CCn1ncc(CN2CCc3c([nH]c4ccc(OC)cc34)C2c2cccnc2)c1C. The third-order valence-corrected chi connectivity index (χ3v) is 6.31. The van der Waals surface area contributed by atoms with Crippen LogP contribution < -0.4 is 4.74 Å². The summed E-state index contributed by atoms with van der Waals surface area (Å²) in [5.41, 5.74) is 7.54. The summed E-state index contributed by atoms with van der Waals surface area (Å²) in [6, 6.07) is 10.6. The Hall–Kier alpha value is -3.12. The summed E-state index contributed by atoms with van der Waals surface area (Å²) in [7, 11) is 1.72. The topological polar surface area (TPSA) is 59.0 Å². The number of hydrogen-bond acceptors (Lipinski definition) is 4. The number of nitrogens with zero attached hydrogens (tertiary/aromatic N) is 4. The number of aryl methyl sites for hydroxylation is 1. The lowest BCUT2D eigenvalue weighted by molar-refractivity contribution is 0.201. The standard InChI is InChI=1S/C24H27N5O/c1-4-29-16(2)18(14-26-29)15-28-11-9-20-21-12-19(30-3)7-8-22(21)27-23(20)24(28)17-6-5-10-25-13-17/h5-8,10,12-14,24,27H,4,9,11,15H2,1-3H3. The fourth-order valence-electron chi connectivity index (χ4n) is 4.71. The lowest BCUT2D eigenvalue weighted by Gasteiger charge is -2.36. The van der Waals surface area contributed by atoms with Crippen molar-refractivity contribution >= 4 is 10.9 Å². The van der Waals surface area contributed by atoms with E-state index in [0.29, 0.717) is 0 Å². The maximum absolute atomic E-state index is 5.48. The van der Waals surface area contributed by atoms with Gasteiger partial charge >= 0.3 is 0 Å². The van der Waals surface area contributed by atoms with Crippen LogP contribution in [0.25, 0.3) is 10.9 Å². The maximum atomic E-state index is 5.48. The van der Waals surface area contributed by atoms with Crippen LogP contribution in [0, 0.1) is 6.92 Å². The van der Waals surface area contributed by atoms with E-state index in [2.05, 4.69) is 56.7 Å². The molecule has 4 heterocycles. The highest BCUT2D eigenvalue weighted by atomic mass is 16.5. The van der Waals surface area contributed by atoms with Gasteiger partial charge in [0.05, 0.1) is 19.3 Å². The van der Waals surface area contributed by atoms with Gasteiger partial charge in [0.25, 0.3) is 0 Å². The predicted molar refractivity (Wildman–Crippen MR) is 118 cm³/mol. The van der Waals surface area contributed by atoms with Crippen LogP contribution in [0.5, 0.6) is 5.75 Å². The minimum Gasteiger partial charge on any atom is -0.497 e. The molecule has 6 nitrogen and oxygen atoms in total. The van der Waals surface area contributed by atoms with Gasteiger partial charge in [-0.2, -0.15) is 5.10 Å². The van der Waals surface area contributed by atoms with Crippen molar-refractivity contribution in [3.8, 4) is 5.75 Å². The first-order valence-corrected chi connectivity index (χ1v) is 10.5. The van der Waals surface area contributed by atoms with Crippen molar-refractivity contribution in [1.29, 1.82) is 0 Å². The van der Waals surface area contributed by atoms with Crippen LogP contribution in [0.2, 0.25) is 0 Å². The Labute approximate surface area is 176 Å². The molecule has 6 heteroatoms. The zero-order chi connectivity index (χ0) is 20.7. The molecule has 0 spiro atoms. The van der Waals surface area contributed by atoms with E-state index in [9.17, 15) is 0 Å². The number of pyridine rings is 1. The number of rotatable bonds is 5. The molecule has 30 heavy (non-hydrogen) atoms. The Kier molecular flexibility index (Phi) is 4.79. The highest BCUT2D eigenvalue weighted by molar-refractivity contribution is 5.86. The van der Waals surface area contributed by atoms with Crippen molar-refractivity contribution in [2.75, 3.05) is 13.7 Å². The van der Waals surface area contributed by atoms with Crippen molar-refractivity contribution < 1.29 is 4.74 Å². The van der Waals surface area contributed by atoms with Crippen molar-refractivity contribution in [2.45, 2.75) is 39.4 Å². The molecular formula is C24H27N5O. The van der Waals surface area contributed by atoms with E-state index in [4.69, 9.17) is 4.74 Å². The van der Waals surface area contributed by atoms with E-state index in [1.807, 2.05) is 30.7 Å². The van der Waals surface area contributed by atoms with Crippen LogP contribution in [0.1, 0.15) is 41.0 Å². The molecule has 0 bridgehead atoms. The highest BCUT2D eigenvalue weighted by Crippen LogP contribution is 2.39. The average Bonchev–Trinajstić information content (AvgIpc) is 3.33. The van der Waals surface area contributed by atoms with Crippen LogP contribution >= 0.6 is 0 Å². The fraction of sp³-hybridized carbons (Fsp3) is 0.333. The van der Waals surface area contributed by atoms with Crippen LogP contribution in [0.15, 0.2) is 48.9 Å². The van der Waals surface area contributed by atoms with E-state index < -0.39 is 0 Å². The van der Waals surface area contributed by atoms with Crippen molar-refractivity contribution in [2.24, 2.45) is 0 Å². The minimum atomic E-state index is 0.130. The summed E-state index contributed by atoms with van der Waals surface area (Å²) in [5.74, 6) is 0.896. The zero-order valence-electron chi connectivity index (χ0n) is 17.7. The number of nitrogens with one attached hydrogen (secondary N) is 1. The van der Waals surface area contributed by atoms with E-state index in [0.717, 1.165) is 37.3 Å². The molecule has 3 aromatic heterocycles. The summed E-state index contributed by atoms with van der Waals surface area (Å²) in [6.45, 7) is 7.03. The Bertz CT molecular complexity index is 1180. The van der Waals surface area contributed by atoms with Gasteiger partial charge < -0.3 is 9.72 Å². The molecule has 1 atom stereocenters. The molecule has 1 unspecified atom stereocenters. The molecule has 0 saturated carbocycles. The largest absolute Gasteiger partial charge is 0.497 e. The van der Waals surface area contributed by atoms with Gasteiger partial charge in [0, 0.05) is 59.9 Å². The predicted octanol–water partition coefficient (Wildman–Crippen LogP) is 4.24. The van der Waals surface area contributed by atoms with Crippen LogP contribution in [0.4, 0.5) is 0 Å². The number of fused-ring (bicyclic) bond motifs is 3. The summed E-state index contributed by atoms with van der Waals surface area (Å²) in [6.07, 6.45) is 6.84. The molecule has 0 amide bonds. The van der Waals surface area contributed by atoms with Crippen LogP contribution in [0.3, 0.4) is 0 Å². The molecular weight excluding hydrogens is 374 g/mol. The summed E-state index contributed by atoms with van der Waals surface area (Å²) in [4.78, 5) is 10.7. The normalized spacial score (nSPS) is 16.7. The summed E-state index contributed by atoms with van der Waals surface area (Å²) < 4.78 is 7.55. The lowest BCUT2D eigenvalue weighted by Crippen LogP contribution is -2.35. The Balaban J connectivity index is 1.60. The second-order valence-electron chi connectivity index (χ2n) is 7.91. The van der Waals surface area contributed by atoms with E-state index in [1.165, 1.54) is 33.5 Å². The molecule has 5 rings (SSSR count). The first kappa shape index (κ1) is 18.9. The molecule has 1 aromatic carbocycles. The van der Waals surface area contributed by atoms with Crippen molar-refractivity contribution in [3.63, 3.8) is 0 Å². The molecule has 0 aliphatic carbocycles. The molecule has 0 radical (unpaired) electrons. The second-order valence-corrected chi connectivity index (χ2v) is 7.91. The highest BCUT2D eigenvalue weighted by Gasteiger charge is 2.32. The average molecular weight is 402 g/mol. The maximum Gasteiger partial charge on any atom is 0.119 e. The third-order valence-electron chi connectivity index (χ3n) is 6.31. The summed E-state index contributed by atoms with van der Waals surface area (Å²) >= 11 is 0. The Morgan fingerprint density at radius 2 is 2.13 bits per heavy atom. The van der Waals surface area contributed by atoms with Gasteiger partial charge in [0.1, 0.15) is 5.75 Å². The van der Waals surface area contributed by atoms with Crippen LogP contribution in [-0.2, 0) is 19.5 Å². The van der Waals surface area contributed by atoms with E-state index >= 15 is 0 Å². The van der Waals surface area contributed by atoms with Gasteiger partial charge in [-0.1, -0.05) is 6.07 Å². The van der Waals surface area contributed by atoms with Gasteiger partial charge in [-0.05, 0) is 55.7 Å². The van der Waals surface area contributed by atoms with Gasteiger partial charge in [0.2, 0.25) is 0 Å². The van der Waals surface area contributed by atoms with Crippen LogP contribution in [-0.4, -0.2) is 38.3 Å². The second kappa shape index (κ2) is 7.61. The number of benzene rings is 1. The monoisotopic (exact) mass is 401 g/mol. The quantitative estimate of drug-likeness (QED) is 0.543. The third kappa shape index (κ3) is 3.08. The van der Waals surface area contributed by atoms with E-state index in [1.54, 1.807) is 7.11 Å². The van der Waals surface area contributed by atoms with E-state index in [-0.39, 0.29) is 6.04 Å². The minimum absolute atomic E-state index is 0.130. The number of hydrogen-bond donors (Lipinski definition) is 1. The van der Waals surface area contributed by atoms with Crippen molar-refractivity contribution in [3.05, 3.63) is 77.0 Å². The number of aromatic nitrogens is 4. The molecule has 1 aliphatic heterocycles. The zero-order valence-corrected chi connectivity index (χ0v) is 17.7. The van der Waals surface area contributed by atoms with Crippen molar-refractivity contribution in [1.82, 2.24) is 24.6 Å². The lowest BCUT2D eigenvalue weighted by atomic mass is 9.92. The molecule has 154 valence electrons. The number of ether oxygens (including phenoxy) is 1. The van der Waals surface area contributed by atoms with Gasteiger partial charge in [-0.15, -0.1) is 0 Å². The Morgan fingerprint density at radius 3 is 2.87 bits per heavy atom. The first-order valence-electron chi connectivity index (χ1n) is 10.5. The van der Waals surface area contributed by atoms with Gasteiger partial charge in [-0.3, -0.25) is 14.6 Å². The fourth-order valence-corrected chi connectivity index (χ4v) is 4.71. The molecule has 1 aliphatic rings. The number of H-pyrrole nitrogens is 1. The molecule has 1 N–H and O–H groups in total. The smallest absolute Gasteiger partial charge is 0.119 e. The van der Waals surface area contributed by atoms with Gasteiger partial charge in [0.15, 0.2) is 0 Å². The number of aromatic amines is 1. The van der Waals surface area contributed by atoms with Gasteiger partial charge in [-0.25, -0.2) is 0 Å². The number of methoxy groups -OCH3 is 1. The Morgan fingerprint density at radius 1 is 1.23 bits per heavy atom. The molecule has 0 fully saturated rings. The molecule has 4 aromatic rings. The molecule has 0 saturated heterocycles. The summed E-state index contributed by atoms with van der Waals surface area (Å²) in [5, 5.41) is 5.81. The first-order chi connectivity index (χ1) is 14.7.